The van der Waals surface area contributed by atoms with Crippen molar-refractivity contribution < 1.29 is 48.8 Å². The highest BCUT2D eigenvalue weighted by Gasteiger charge is 2.44. The van der Waals surface area contributed by atoms with Crippen molar-refractivity contribution in [3.05, 3.63) is 0 Å². The number of nitriles is 1. The normalized spacial score (nSPS) is 39.9. The van der Waals surface area contributed by atoms with Gasteiger partial charge >= 0.3 is 0 Å². The van der Waals surface area contributed by atoms with E-state index in [4.69, 9.17) is 49.6 Å². The van der Waals surface area contributed by atoms with Crippen LogP contribution in [0.25, 0.3) is 0 Å². The summed E-state index contributed by atoms with van der Waals surface area (Å²) < 4.78 is 30.8. The maximum absolute atomic E-state index is 9.84. The second-order valence-electron chi connectivity index (χ2n) is 6.96. The van der Waals surface area contributed by atoms with E-state index in [-0.39, 0.29) is 19.1 Å². The van der Waals surface area contributed by atoms with Gasteiger partial charge in [0.05, 0.1) is 31.4 Å². The summed E-state index contributed by atoms with van der Waals surface area (Å²) in [6, 6.07) is 1.08. The quantitative estimate of drug-likeness (QED) is 0.296. The molecule has 0 spiro atoms. The van der Waals surface area contributed by atoms with Gasteiger partial charge in [-0.05, 0) is 0 Å². The Morgan fingerprint density at radius 1 is 0.839 bits per heavy atom. The van der Waals surface area contributed by atoms with Crippen molar-refractivity contribution in [2.75, 3.05) is 41.7 Å². The Kier molecular flexibility index (Phi) is 15.3. The van der Waals surface area contributed by atoms with Crippen molar-refractivity contribution in [3.8, 4) is 6.07 Å². The average Bonchev–Trinajstić information content (AvgIpc) is 2.78. The number of rotatable bonds is 6. The van der Waals surface area contributed by atoms with Crippen LogP contribution in [0.4, 0.5) is 0 Å². The van der Waals surface area contributed by atoms with Crippen LogP contribution in [-0.2, 0) is 28.4 Å². The Hall–Kier alpha value is -0.950. The molecule has 12 heteroatoms. The molecule has 2 fully saturated rings. The lowest BCUT2D eigenvalue weighted by Gasteiger charge is -2.41. The maximum Gasteiger partial charge on any atom is 0.175 e. The molecular weight excluding hydrogens is 416 g/mol. The number of hydrogen-bond donors (Lipinski definition) is 5. The topological polar surface area (TPSA) is 186 Å². The van der Waals surface area contributed by atoms with Crippen LogP contribution in [0.1, 0.15) is 13.8 Å². The lowest BCUT2D eigenvalue weighted by Crippen LogP contribution is -2.62. The molecule has 0 aromatic rings. The van der Waals surface area contributed by atoms with Crippen LogP contribution in [0.5, 0.6) is 0 Å². The SMILES string of the molecule is CC#N.CO[C@@H]1OC(CO)[C@@H](OC)[C@H](O)C1C.CO[C@@H]1OC(CO)[C@@H](OC)[C@H](O)C1N. The summed E-state index contributed by atoms with van der Waals surface area (Å²) in [5, 5.41) is 44.9. The van der Waals surface area contributed by atoms with Crippen molar-refractivity contribution >= 4 is 0 Å². The highest BCUT2D eigenvalue weighted by Crippen LogP contribution is 2.27. The molecule has 0 radical (unpaired) electrons. The van der Waals surface area contributed by atoms with Crippen LogP contribution < -0.4 is 5.73 Å². The van der Waals surface area contributed by atoms with Gasteiger partial charge in [-0.2, -0.15) is 5.26 Å². The molecule has 0 aromatic heterocycles. The highest BCUT2D eigenvalue weighted by atomic mass is 16.7. The number of ether oxygens (including phenoxy) is 6. The van der Waals surface area contributed by atoms with Crippen molar-refractivity contribution in [1.82, 2.24) is 0 Å². The fourth-order valence-electron chi connectivity index (χ4n) is 3.35. The third-order valence-electron chi connectivity index (χ3n) is 5.07. The number of nitrogens with zero attached hydrogens (tertiary/aromatic N) is 1. The molecular formula is C19H38N2O10. The minimum Gasteiger partial charge on any atom is -0.394 e. The van der Waals surface area contributed by atoms with Gasteiger partial charge in [-0.15, -0.1) is 0 Å². The Bertz CT molecular complexity index is 467. The molecule has 0 aromatic carbocycles. The molecule has 10 atom stereocenters. The van der Waals surface area contributed by atoms with Crippen LogP contribution >= 0.6 is 0 Å². The average molecular weight is 455 g/mol. The van der Waals surface area contributed by atoms with Gasteiger partial charge in [0, 0.05) is 41.3 Å². The van der Waals surface area contributed by atoms with E-state index in [1.807, 2.05) is 6.92 Å². The summed E-state index contributed by atoms with van der Waals surface area (Å²) in [4.78, 5) is 0. The monoisotopic (exact) mass is 454 g/mol. The molecule has 0 aliphatic carbocycles. The van der Waals surface area contributed by atoms with Crippen LogP contribution in [0, 0.1) is 17.2 Å². The number of nitrogens with two attached hydrogens (primary N) is 1. The number of hydrogen-bond acceptors (Lipinski definition) is 12. The summed E-state index contributed by atoms with van der Waals surface area (Å²) in [7, 11) is 5.85. The zero-order chi connectivity index (χ0) is 24.1. The molecule has 4 unspecified atom stereocenters. The Morgan fingerprint density at radius 3 is 1.58 bits per heavy atom. The summed E-state index contributed by atoms with van der Waals surface area (Å²) in [5.74, 6) is -0.173. The van der Waals surface area contributed by atoms with Crippen molar-refractivity contribution in [1.29, 1.82) is 5.26 Å². The Labute approximate surface area is 183 Å². The molecule has 12 nitrogen and oxygen atoms in total. The second-order valence-corrected chi connectivity index (χ2v) is 6.96. The highest BCUT2D eigenvalue weighted by molar-refractivity contribution is 4.92. The molecule has 2 aliphatic heterocycles. The van der Waals surface area contributed by atoms with Crippen LogP contribution in [-0.4, -0.2) is 117 Å². The lowest BCUT2D eigenvalue weighted by atomic mass is 9.92. The molecule has 2 saturated heterocycles. The predicted octanol–water partition coefficient (Wildman–Crippen LogP) is -2.05. The fraction of sp³-hybridized carbons (Fsp3) is 0.947. The van der Waals surface area contributed by atoms with E-state index in [0.29, 0.717) is 0 Å². The zero-order valence-electron chi connectivity index (χ0n) is 19.0. The molecule has 6 N–H and O–H groups in total. The Balaban J connectivity index is 0.000000516. The van der Waals surface area contributed by atoms with Crippen LogP contribution in [0.2, 0.25) is 0 Å². The fourth-order valence-corrected chi connectivity index (χ4v) is 3.35. The van der Waals surface area contributed by atoms with Crippen molar-refractivity contribution in [3.63, 3.8) is 0 Å². The van der Waals surface area contributed by atoms with Gasteiger partial charge in [0.1, 0.15) is 30.5 Å². The molecule has 0 amide bonds. The van der Waals surface area contributed by atoms with E-state index >= 15 is 0 Å². The van der Waals surface area contributed by atoms with Crippen molar-refractivity contribution in [2.24, 2.45) is 11.7 Å². The van der Waals surface area contributed by atoms with E-state index in [2.05, 4.69) is 0 Å². The first-order valence-corrected chi connectivity index (χ1v) is 9.78. The van der Waals surface area contributed by atoms with Crippen LogP contribution in [0.15, 0.2) is 0 Å². The number of aliphatic hydroxyl groups is 4. The van der Waals surface area contributed by atoms with E-state index < -0.39 is 55.2 Å². The molecule has 0 saturated carbocycles. The minimum absolute atomic E-state index is 0.173. The van der Waals surface area contributed by atoms with Gasteiger partial charge in [0.25, 0.3) is 0 Å². The Morgan fingerprint density at radius 2 is 1.23 bits per heavy atom. The molecule has 2 rings (SSSR count). The number of aliphatic hydroxyl groups excluding tert-OH is 4. The first kappa shape index (κ1) is 30.0. The zero-order valence-corrected chi connectivity index (χ0v) is 19.0. The number of methoxy groups -OCH3 is 4. The predicted molar refractivity (Wildman–Crippen MR) is 108 cm³/mol. The third-order valence-corrected chi connectivity index (χ3v) is 5.07. The summed E-state index contributed by atoms with van der Waals surface area (Å²) in [6.45, 7) is 2.81. The summed E-state index contributed by atoms with van der Waals surface area (Å²) in [5.41, 5.74) is 5.65. The van der Waals surface area contributed by atoms with Gasteiger partial charge in [-0.25, -0.2) is 0 Å². The molecule has 2 heterocycles. The smallest absolute Gasteiger partial charge is 0.175 e. The van der Waals surface area contributed by atoms with Crippen LogP contribution in [0.3, 0.4) is 0 Å². The summed E-state index contributed by atoms with van der Waals surface area (Å²) >= 11 is 0. The van der Waals surface area contributed by atoms with Gasteiger partial charge < -0.3 is 54.6 Å². The largest absolute Gasteiger partial charge is 0.394 e. The minimum atomic E-state index is -0.907. The van der Waals surface area contributed by atoms with E-state index in [0.717, 1.165) is 0 Å². The summed E-state index contributed by atoms with van der Waals surface area (Å²) in [6.07, 6.45) is -5.06. The molecule has 184 valence electrons. The lowest BCUT2D eigenvalue weighted by molar-refractivity contribution is -0.279. The first-order valence-electron chi connectivity index (χ1n) is 9.78. The molecule has 31 heavy (non-hydrogen) atoms. The standard InChI is InChI=1S/C9H18O5.C8H17NO5.C2H3N/c1-5-7(11)8(12-2)6(4-10)14-9(5)13-3;1-12-7-4(3-10)14-8(13-2)5(9)6(7)11;1-2-3/h5-11H,4H2,1-3H3;4-8,10-11H,3,9H2,1-2H3;1H3/t5?,6?,7-,8-,9-;4?,5?,6-,7-,8-;/m11./s1. The van der Waals surface area contributed by atoms with E-state index in [1.165, 1.54) is 35.4 Å². The van der Waals surface area contributed by atoms with E-state index in [9.17, 15) is 10.2 Å². The second kappa shape index (κ2) is 15.8. The first-order chi connectivity index (χ1) is 14.7. The van der Waals surface area contributed by atoms with Gasteiger partial charge in [0.2, 0.25) is 0 Å². The van der Waals surface area contributed by atoms with Gasteiger partial charge in [-0.1, -0.05) is 6.92 Å². The van der Waals surface area contributed by atoms with Gasteiger partial charge in [0.15, 0.2) is 12.6 Å². The molecule has 0 bridgehead atoms. The molecule has 2 aliphatic rings. The van der Waals surface area contributed by atoms with Crippen molar-refractivity contribution in [2.45, 2.75) is 69.1 Å². The third kappa shape index (κ3) is 8.16. The maximum atomic E-state index is 9.84. The van der Waals surface area contributed by atoms with Gasteiger partial charge in [-0.3, -0.25) is 0 Å². The van der Waals surface area contributed by atoms with E-state index in [1.54, 1.807) is 6.07 Å².